The number of likely N-dealkylation sites (tertiary alicyclic amines) is 1. The van der Waals surface area contributed by atoms with Gasteiger partial charge in [0.1, 0.15) is 0 Å². The van der Waals surface area contributed by atoms with Crippen LogP contribution in [-0.2, 0) is 23.4 Å². The third-order valence-corrected chi connectivity index (χ3v) is 4.33. The fraction of sp³-hybridized carbons (Fsp3) is 0.471. The van der Waals surface area contributed by atoms with Gasteiger partial charge in [-0.2, -0.15) is 0 Å². The molecule has 2 heterocycles. The highest BCUT2D eigenvalue weighted by Crippen LogP contribution is 2.35. The molecule has 0 aliphatic carbocycles. The van der Waals surface area contributed by atoms with Gasteiger partial charge in [0.15, 0.2) is 5.67 Å². The summed E-state index contributed by atoms with van der Waals surface area (Å²) in [5.41, 5.74) is -0.183. The Morgan fingerprint density at radius 1 is 1.35 bits per heavy atom. The van der Waals surface area contributed by atoms with Crippen molar-refractivity contribution in [1.82, 2.24) is 19.9 Å². The number of benzene rings is 1. The number of nitrogens with zero attached hydrogens (tertiary/aromatic N) is 4. The van der Waals surface area contributed by atoms with Crippen LogP contribution in [0.4, 0.5) is 4.39 Å². The zero-order valence-electron chi connectivity index (χ0n) is 13.3. The second kappa shape index (κ2) is 6.48. The number of hydrogen-bond donors (Lipinski definition) is 0. The lowest BCUT2D eigenvalue weighted by molar-refractivity contribution is -0.135. The van der Waals surface area contributed by atoms with Crippen LogP contribution in [0.15, 0.2) is 36.5 Å². The Morgan fingerprint density at radius 2 is 2.13 bits per heavy atom. The predicted molar refractivity (Wildman–Crippen MR) is 84.4 cm³/mol. The fourth-order valence-electron chi connectivity index (χ4n) is 3.04. The lowest BCUT2D eigenvalue weighted by Crippen LogP contribution is -2.46. The van der Waals surface area contributed by atoms with Gasteiger partial charge in [-0.3, -0.25) is 9.48 Å². The van der Waals surface area contributed by atoms with E-state index in [9.17, 15) is 4.79 Å². The Hall–Kier alpha value is -2.24. The number of carbonyl (C=O) groups excluding carboxylic acids is 1. The van der Waals surface area contributed by atoms with Crippen molar-refractivity contribution in [3.63, 3.8) is 0 Å². The summed E-state index contributed by atoms with van der Waals surface area (Å²) in [6.07, 6.45) is 3.05. The molecule has 1 unspecified atom stereocenters. The third kappa shape index (κ3) is 3.41. The summed E-state index contributed by atoms with van der Waals surface area (Å²) in [7, 11) is 0. The van der Waals surface area contributed by atoms with Gasteiger partial charge in [0.05, 0.1) is 18.7 Å². The van der Waals surface area contributed by atoms with E-state index in [1.165, 1.54) is 0 Å². The van der Waals surface area contributed by atoms with Gasteiger partial charge >= 0.3 is 0 Å². The average molecular weight is 316 g/mol. The molecule has 1 aliphatic heterocycles. The Kier molecular flexibility index (Phi) is 4.41. The topological polar surface area (TPSA) is 51.0 Å². The molecule has 0 bridgehead atoms. The number of piperidine rings is 1. The number of carbonyl (C=O) groups is 1. The molecule has 122 valence electrons. The van der Waals surface area contributed by atoms with Crippen molar-refractivity contribution in [2.75, 3.05) is 13.1 Å². The predicted octanol–water partition coefficient (Wildman–Crippen LogP) is 2.33. The summed E-state index contributed by atoms with van der Waals surface area (Å²) < 4.78 is 17.0. The van der Waals surface area contributed by atoms with Crippen molar-refractivity contribution in [2.24, 2.45) is 0 Å². The van der Waals surface area contributed by atoms with Crippen molar-refractivity contribution >= 4 is 5.91 Å². The van der Waals surface area contributed by atoms with E-state index in [-0.39, 0.29) is 18.9 Å². The summed E-state index contributed by atoms with van der Waals surface area (Å²) in [6.45, 7) is 3.38. The SMILES string of the molecule is CCn1cc(CC(=O)N2CCCC(F)(c3ccccc3)C2)nn1. The standard InChI is InChI=1S/C17H21FN4O/c1-2-22-12-15(19-20-22)11-16(23)21-10-6-9-17(18,13-21)14-7-4-3-5-8-14/h3-5,7-8,12H,2,6,9-11,13H2,1H3. The van der Waals surface area contributed by atoms with Gasteiger partial charge in [-0.25, -0.2) is 4.39 Å². The van der Waals surface area contributed by atoms with Gasteiger partial charge < -0.3 is 4.90 Å². The Labute approximate surface area is 135 Å². The second-order valence-corrected chi connectivity index (χ2v) is 5.99. The second-order valence-electron chi connectivity index (χ2n) is 5.99. The maximum absolute atomic E-state index is 15.3. The highest BCUT2D eigenvalue weighted by atomic mass is 19.1. The number of hydrogen-bond acceptors (Lipinski definition) is 3. The van der Waals surface area contributed by atoms with Crippen LogP contribution in [0.1, 0.15) is 31.0 Å². The summed E-state index contributed by atoms with van der Waals surface area (Å²) in [5.74, 6) is -0.0918. The van der Waals surface area contributed by atoms with Crippen molar-refractivity contribution in [2.45, 2.75) is 38.4 Å². The molecule has 2 aromatic rings. The van der Waals surface area contributed by atoms with E-state index in [0.29, 0.717) is 37.2 Å². The summed E-state index contributed by atoms with van der Waals surface area (Å²) in [5, 5.41) is 7.92. The van der Waals surface area contributed by atoms with Gasteiger partial charge in [0.25, 0.3) is 0 Å². The molecule has 1 fully saturated rings. The van der Waals surface area contributed by atoms with Crippen molar-refractivity contribution in [1.29, 1.82) is 0 Å². The summed E-state index contributed by atoms with van der Waals surface area (Å²) in [6, 6.07) is 9.12. The van der Waals surface area contributed by atoms with Crippen LogP contribution >= 0.6 is 0 Å². The third-order valence-electron chi connectivity index (χ3n) is 4.33. The van der Waals surface area contributed by atoms with Gasteiger partial charge in [0, 0.05) is 19.3 Å². The van der Waals surface area contributed by atoms with Crippen LogP contribution in [0.3, 0.4) is 0 Å². The van der Waals surface area contributed by atoms with E-state index < -0.39 is 5.67 Å². The van der Waals surface area contributed by atoms with Crippen molar-refractivity contribution in [3.05, 3.63) is 47.8 Å². The molecule has 3 rings (SSSR count). The monoisotopic (exact) mass is 316 g/mol. The first-order valence-electron chi connectivity index (χ1n) is 8.02. The molecule has 0 saturated carbocycles. The highest BCUT2D eigenvalue weighted by Gasteiger charge is 2.38. The van der Waals surface area contributed by atoms with Crippen LogP contribution in [0.2, 0.25) is 0 Å². The van der Waals surface area contributed by atoms with E-state index in [1.807, 2.05) is 25.1 Å². The first-order chi connectivity index (χ1) is 11.1. The van der Waals surface area contributed by atoms with E-state index in [0.717, 1.165) is 0 Å². The maximum atomic E-state index is 15.3. The van der Waals surface area contributed by atoms with Gasteiger partial charge in [-0.15, -0.1) is 5.10 Å². The number of rotatable bonds is 4. The van der Waals surface area contributed by atoms with E-state index in [1.54, 1.807) is 27.9 Å². The first kappa shape index (κ1) is 15.6. The number of alkyl halides is 1. The molecule has 0 N–H and O–H groups in total. The maximum Gasteiger partial charge on any atom is 0.228 e. The van der Waals surface area contributed by atoms with Crippen LogP contribution < -0.4 is 0 Å². The molecule has 6 heteroatoms. The molecule has 1 aromatic heterocycles. The molecular weight excluding hydrogens is 295 g/mol. The Bertz CT molecular complexity index is 672. The molecule has 0 spiro atoms. The molecule has 1 aromatic carbocycles. The molecule has 1 aliphatic rings. The molecule has 1 amide bonds. The number of amides is 1. The minimum Gasteiger partial charge on any atom is -0.339 e. The Balaban J connectivity index is 1.69. The van der Waals surface area contributed by atoms with E-state index >= 15 is 4.39 Å². The quantitative estimate of drug-likeness (QED) is 0.870. The van der Waals surface area contributed by atoms with Crippen LogP contribution in [0, 0.1) is 0 Å². The minimum atomic E-state index is -1.46. The van der Waals surface area contributed by atoms with Crippen LogP contribution in [0.5, 0.6) is 0 Å². The fourth-order valence-corrected chi connectivity index (χ4v) is 3.04. The van der Waals surface area contributed by atoms with E-state index in [4.69, 9.17) is 0 Å². The highest BCUT2D eigenvalue weighted by molar-refractivity contribution is 5.78. The van der Waals surface area contributed by atoms with Crippen molar-refractivity contribution < 1.29 is 9.18 Å². The number of aromatic nitrogens is 3. The van der Waals surface area contributed by atoms with Gasteiger partial charge in [0.2, 0.25) is 5.91 Å². The van der Waals surface area contributed by atoms with Gasteiger partial charge in [-0.05, 0) is 25.3 Å². The first-order valence-corrected chi connectivity index (χ1v) is 8.02. The summed E-state index contributed by atoms with van der Waals surface area (Å²) >= 11 is 0. The molecule has 1 saturated heterocycles. The minimum absolute atomic E-state index is 0.0918. The van der Waals surface area contributed by atoms with Crippen LogP contribution in [-0.4, -0.2) is 38.9 Å². The lowest BCUT2D eigenvalue weighted by Gasteiger charge is -2.37. The zero-order valence-corrected chi connectivity index (χ0v) is 13.3. The normalized spacial score (nSPS) is 21.4. The van der Waals surface area contributed by atoms with E-state index in [2.05, 4.69) is 10.3 Å². The zero-order chi connectivity index (χ0) is 16.3. The average Bonchev–Trinajstić information content (AvgIpc) is 3.03. The lowest BCUT2D eigenvalue weighted by atomic mass is 9.87. The smallest absolute Gasteiger partial charge is 0.228 e. The molecule has 23 heavy (non-hydrogen) atoms. The number of aryl methyl sites for hydroxylation is 1. The molecule has 5 nitrogen and oxygen atoms in total. The van der Waals surface area contributed by atoms with Crippen LogP contribution in [0.25, 0.3) is 0 Å². The Morgan fingerprint density at radius 3 is 2.83 bits per heavy atom. The molecule has 1 atom stereocenters. The molecular formula is C17H21FN4O. The van der Waals surface area contributed by atoms with Gasteiger partial charge in [-0.1, -0.05) is 35.5 Å². The number of halogens is 1. The summed E-state index contributed by atoms with van der Waals surface area (Å²) in [4.78, 5) is 14.1. The van der Waals surface area contributed by atoms with Crippen molar-refractivity contribution in [3.8, 4) is 0 Å². The molecule has 0 radical (unpaired) electrons. The largest absolute Gasteiger partial charge is 0.339 e.